The smallest absolute Gasteiger partial charge is 0.305 e. The fraction of sp³-hybridized carbons (Fsp3) is 0.500. The van der Waals surface area contributed by atoms with Gasteiger partial charge in [-0.1, -0.05) is 19.8 Å². The number of hydrogen-bond acceptors (Lipinski definition) is 6. The van der Waals surface area contributed by atoms with Crippen molar-refractivity contribution in [1.82, 2.24) is 9.55 Å². The van der Waals surface area contributed by atoms with Crippen molar-refractivity contribution in [2.24, 2.45) is 5.92 Å². The molecule has 7 nitrogen and oxygen atoms in total. The second kappa shape index (κ2) is 11.0. The maximum atomic E-state index is 11.7. The molecule has 0 bridgehead atoms. The van der Waals surface area contributed by atoms with E-state index in [0.717, 1.165) is 52.6 Å². The number of rotatable bonds is 9. The van der Waals surface area contributed by atoms with Crippen molar-refractivity contribution in [3.8, 4) is 11.5 Å². The van der Waals surface area contributed by atoms with Crippen LogP contribution in [-0.4, -0.2) is 35.8 Å². The van der Waals surface area contributed by atoms with E-state index in [1.54, 1.807) is 7.11 Å². The number of esters is 1. The van der Waals surface area contributed by atoms with Crippen LogP contribution in [0, 0.1) is 5.92 Å². The van der Waals surface area contributed by atoms with E-state index >= 15 is 0 Å². The van der Waals surface area contributed by atoms with Gasteiger partial charge in [-0.2, -0.15) is 0 Å². The van der Waals surface area contributed by atoms with E-state index in [4.69, 9.17) is 19.2 Å². The maximum Gasteiger partial charge on any atom is 0.305 e. The van der Waals surface area contributed by atoms with Crippen LogP contribution in [0.15, 0.2) is 36.4 Å². The molecular weight excluding hydrogens is 442 g/mol. The minimum absolute atomic E-state index is 0.134. The van der Waals surface area contributed by atoms with Crippen molar-refractivity contribution in [1.29, 1.82) is 0 Å². The Balaban J connectivity index is 1.72. The number of carbonyl (C=O) groups excluding carboxylic acids is 1. The molecule has 1 N–H and O–H groups in total. The quantitative estimate of drug-likeness (QED) is 0.356. The lowest BCUT2D eigenvalue weighted by atomic mass is 9.87. The van der Waals surface area contributed by atoms with Gasteiger partial charge in [-0.15, -0.1) is 0 Å². The summed E-state index contributed by atoms with van der Waals surface area (Å²) in [5.74, 6) is 2.88. The summed E-state index contributed by atoms with van der Waals surface area (Å²) in [7, 11) is 3.08. The molecule has 1 fully saturated rings. The van der Waals surface area contributed by atoms with Crippen LogP contribution in [0.4, 0.5) is 11.6 Å². The number of ether oxygens (including phenoxy) is 3. The molecule has 0 spiro atoms. The first-order valence-electron chi connectivity index (χ1n) is 12.6. The van der Waals surface area contributed by atoms with E-state index in [0.29, 0.717) is 24.8 Å². The van der Waals surface area contributed by atoms with Crippen LogP contribution < -0.4 is 14.8 Å². The van der Waals surface area contributed by atoms with Crippen molar-refractivity contribution in [2.45, 2.75) is 71.4 Å². The van der Waals surface area contributed by atoms with Crippen LogP contribution in [0.2, 0.25) is 0 Å². The zero-order chi connectivity index (χ0) is 24.9. The van der Waals surface area contributed by atoms with Crippen LogP contribution in [0.5, 0.6) is 11.5 Å². The van der Waals surface area contributed by atoms with Gasteiger partial charge in [0.2, 0.25) is 5.95 Å². The molecule has 1 aromatic heterocycles. The molecule has 2 unspecified atom stereocenters. The maximum absolute atomic E-state index is 11.7. The molecule has 0 radical (unpaired) electrons. The first kappa shape index (κ1) is 24.9. The number of imidazole rings is 1. The molecule has 0 amide bonds. The number of nitrogens with zero attached hydrogens (tertiary/aromatic N) is 2. The van der Waals surface area contributed by atoms with E-state index in [-0.39, 0.29) is 12.1 Å². The Kier molecular flexibility index (Phi) is 7.83. The number of methoxy groups -OCH3 is 2. The molecule has 3 aromatic rings. The summed E-state index contributed by atoms with van der Waals surface area (Å²) in [6.07, 6.45) is 5.69. The van der Waals surface area contributed by atoms with Crippen molar-refractivity contribution >= 4 is 28.6 Å². The fourth-order valence-corrected chi connectivity index (χ4v) is 5.00. The van der Waals surface area contributed by atoms with E-state index < -0.39 is 0 Å². The normalized spacial score (nSPS) is 18.0. The lowest BCUT2D eigenvalue weighted by molar-refractivity contribution is -0.140. The Labute approximate surface area is 207 Å². The highest BCUT2D eigenvalue weighted by Gasteiger charge is 2.26. The minimum atomic E-state index is -0.235. The number of aryl methyl sites for hydroxylation is 1. The first-order valence-corrected chi connectivity index (χ1v) is 12.6. The SMILES string of the molecule is COC(=O)CCc1cc2nc(Nc3ccc(OC(C)C)cc3)n(C3CCCC(C)C3)c2cc1OC. The number of fused-ring (bicyclic) bond motifs is 1. The number of aromatic nitrogens is 2. The molecule has 1 aliphatic rings. The van der Waals surface area contributed by atoms with Gasteiger partial charge in [0, 0.05) is 24.2 Å². The van der Waals surface area contributed by atoms with Gasteiger partial charge in [-0.05, 0) is 74.9 Å². The van der Waals surface area contributed by atoms with Crippen molar-refractivity contribution in [3.05, 3.63) is 42.0 Å². The van der Waals surface area contributed by atoms with Crippen LogP contribution in [0.1, 0.15) is 64.5 Å². The van der Waals surface area contributed by atoms with E-state index in [2.05, 4.69) is 22.9 Å². The number of nitrogens with one attached hydrogen (secondary N) is 1. The largest absolute Gasteiger partial charge is 0.496 e. The number of benzene rings is 2. The van der Waals surface area contributed by atoms with Gasteiger partial charge in [0.1, 0.15) is 11.5 Å². The third-order valence-electron chi connectivity index (χ3n) is 6.67. The summed E-state index contributed by atoms with van der Waals surface area (Å²) in [6, 6.07) is 12.5. The number of hydrogen-bond donors (Lipinski definition) is 1. The fourth-order valence-electron chi connectivity index (χ4n) is 5.00. The van der Waals surface area contributed by atoms with Crippen LogP contribution in [0.25, 0.3) is 11.0 Å². The predicted molar refractivity (Wildman–Crippen MR) is 139 cm³/mol. The molecule has 1 heterocycles. The minimum Gasteiger partial charge on any atom is -0.496 e. The zero-order valence-electron chi connectivity index (χ0n) is 21.5. The van der Waals surface area contributed by atoms with Gasteiger partial charge in [0.05, 0.1) is 31.4 Å². The monoisotopic (exact) mass is 479 g/mol. The summed E-state index contributed by atoms with van der Waals surface area (Å²) in [5.41, 5.74) is 3.85. The Bertz CT molecular complexity index is 1150. The molecule has 7 heteroatoms. The third kappa shape index (κ3) is 5.89. The Morgan fingerprint density at radius 2 is 1.94 bits per heavy atom. The molecule has 2 atom stereocenters. The molecular formula is C28H37N3O4. The highest BCUT2D eigenvalue weighted by atomic mass is 16.5. The first-order chi connectivity index (χ1) is 16.9. The number of anilines is 2. The summed E-state index contributed by atoms with van der Waals surface area (Å²) >= 11 is 0. The molecule has 0 aliphatic heterocycles. The molecule has 188 valence electrons. The van der Waals surface area contributed by atoms with Crippen molar-refractivity contribution < 1.29 is 19.0 Å². The predicted octanol–water partition coefficient (Wildman–Crippen LogP) is 6.43. The van der Waals surface area contributed by atoms with Gasteiger partial charge in [-0.3, -0.25) is 4.79 Å². The molecule has 4 rings (SSSR count). The number of carbonyl (C=O) groups is 1. The van der Waals surface area contributed by atoms with Crippen molar-refractivity contribution in [2.75, 3.05) is 19.5 Å². The second-order valence-electron chi connectivity index (χ2n) is 9.78. The van der Waals surface area contributed by atoms with E-state index in [9.17, 15) is 4.79 Å². The summed E-state index contributed by atoms with van der Waals surface area (Å²) in [6.45, 7) is 6.37. The van der Waals surface area contributed by atoms with E-state index in [1.807, 2.05) is 44.2 Å². The third-order valence-corrected chi connectivity index (χ3v) is 6.67. The summed E-state index contributed by atoms with van der Waals surface area (Å²) in [4.78, 5) is 16.7. The van der Waals surface area contributed by atoms with Gasteiger partial charge >= 0.3 is 5.97 Å². The van der Waals surface area contributed by atoms with Crippen LogP contribution in [0.3, 0.4) is 0 Å². The zero-order valence-corrected chi connectivity index (χ0v) is 21.5. The molecule has 35 heavy (non-hydrogen) atoms. The van der Waals surface area contributed by atoms with Gasteiger partial charge in [0.25, 0.3) is 0 Å². The van der Waals surface area contributed by atoms with Gasteiger partial charge < -0.3 is 24.1 Å². The standard InChI is InChI=1S/C28H37N3O4/c1-18(2)35-23-12-10-21(11-13-23)29-28-30-24-16-20(9-14-27(32)34-5)26(33-4)17-25(24)31(28)22-8-6-7-19(3)15-22/h10-13,16-19,22H,6-9,14-15H2,1-5H3,(H,29,30). The molecule has 2 aromatic carbocycles. The Morgan fingerprint density at radius 1 is 1.17 bits per heavy atom. The topological polar surface area (TPSA) is 74.6 Å². The lowest BCUT2D eigenvalue weighted by Crippen LogP contribution is -2.19. The van der Waals surface area contributed by atoms with Crippen molar-refractivity contribution in [3.63, 3.8) is 0 Å². The van der Waals surface area contributed by atoms with Gasteiger partial charge in [0.15, 0.2) is 0 Å². The highest BCUT2D eigenvalue weighted by Crippen LogP contribution is 2.39. The van der Waals surface area contributed by atoms with Crippen LogP contribution in [-0.2, 0) is 16.0 Å². The van der Waals surface area contributed by atoms with E-state index in [1.165, 1.54) is 20.0 Å². The average molecular weight is 480 g/mol. The molecule has 1 saturated carbocycles. The Hall–Kier alpha value is -3.22. The van der Waals surface area contributed by atoms with Crippen LogP contribution >= 0.6 is 0 Å². The summed E-state index contributed by atoms with van der Waals surface area (Å²) in [5, 5.41) is 3.55. The van der Waals surface area contributed by atoms with Gasteiger partial charge in [-0.25, -0.2) is 4.98 Å². The lowest BCUT2D eigenvalue weighted by Gasteiger charge is -2.29. The highest BCUT2D eigenvalue weighted by molar-refractivity contribution is 5.83. The Morgan fingerprint density at radius 3 is 2.60 bits per heavy atom. The molecule has 0 saturated heterocycles. The summed E-state index contributed by atoms with van der Waals surface area (Å²) < 4.78 is 18.7. The molecule has 1 aliphatic carbocycles. The second-order valence-corrected chi connectivity index (χ2v) is 9.78. The average Bonchev–Trinajstić information content (AvgIpc) is 3.19.